The molecule has 1 aliphatic heterocycles. The lowest BCUT2D eigenvalue weighted by Crippen LogP contribution is -2.49. The second-order valence-electron chi connectivity index (χ2n) is 4.97. The third kappa shape index (κ3) is 6.57. The number of nitrogens with zero attached hydrogens (tertiary/aromatic N) is 2. The van der Waals surface area contributed by atoms with Gasteiger partial charge in [0.15, 0.2) is 0 Å². The minimum atomic E-state index is -0.0966. The van der Waals surface area contributed by atoms with Crippen molar-refractivity contribution in [3.63, 3.8) is 0 Å². The van der Waals surface area contributed by atoms with Crippen molar-refractivity contribution < 1.29 is 14.3 Å². The molecule has 1 saturated heterocycles. The van der Waals surface area contributed by atoms with Crippen molar-refractivity contribution in [2.45, 2.75) is 32.6 Å². The van der Waals surface area contributed by atoms with Gasteiger partial charge in [-0.1, -0.05) is 6.42 Å². The maximum atomic E-state index is 11.4. The first kappa shape index (κ1) is 17.2. The maximum absolute atomic E-state index is 11.4. The zero-order chi connectivity index (χ0) is 14.8. The second kappa shape index (κ2) is 10.00. The van der Waals surface area contributed by atoms with Crippen LogP contribution in [0.25, 0.3) is 0 Å². The van der Waals surface area contributed by atoms with Gasteiger partial charge in [0, 0.05) is 32.6 Å². The normalized spacial score (nSPS) is 16.2. The molecule has 1 aliphatic rings. The summed E-state index contributed by atoms with van der Waals surface area (Å²) < 4.78 is 4.89. The van der Waals surface area contributed by atoms with Crippen LogP contribution < -0.4 is 0 Å². The van der Waals surface area contributed by atoms with Crippen LogP contribution in [0.5, 0.6) is 0 Å². The van der Waals surface area contributed by atoms with Crippen molar-refractivity contribution >= 4 is 23.5 Å². The summed E-state index contributed by atoms with van der Waals surface area (Å²) in [7, 11) is 0. The number of carbonyl (C=O) groups excluding carboxylic acids is 2. The van der Waals surface area contributed by atoms with E-state index in [9.17, 15) is 9.59 Å². The Morgan fingerprint density at radius 3 is 2.40 bits per heavy atom. The lowest BCUT2D eigenvalue weighted by atomic mass is 10.2. The molecular formula is C14H25ClN2O3. The molecule has 0 radical (unpaired) electrons. The summed E-state index contributed by atoms with van der Waals surface area (Å²) in [4.78, 5) is 26.8. The van der Waals surface area contributed by atoms with Crippen molar-refractivity contribution in [2.75, 3.05) is 45.2 Å². The number of hydrogen-bond donors (Lipinski definition) is 0. The van der Waals surface area contributed by atoms with Crippen LogP contribution >= 0.6 is 11.6 Å². The molecule has 0 atom stereocenters. The highest BCUT2D eigenvalue weighted by Crippen LogP contribution is 2.07. The quantitative estimate of drug-likeness (QED) is 0.387. The van der Waals surface area contributed by atoms with E-state index >= 15 is 0 Å². The van der Waals surface area contributed by atoms with Crippen molar-refractivity contribution in [1.82, 2.24) is 9.80 Å². The SMILES string of the molecule is CCOC(=O)CCCCCN1CCN(C(=O)CCl)CC1. The summed E-state index contributed by atoms with van der Waals surface area (Å²) in [6.07, 6.45) is 3.54. The number of halogens is 1. The highest BCUT2D eigenvalue weighted by molar-refractivity contribution is 6.27. The van der Waals surface area contributed by atoms with Crippen LogP contribution in [0.4, 0.5) is 0 Å². The van der Waals surface area contributed by atoms with Gasteiger partial charge < -0.3 is 9.64 Å². The average molecular weight is 305 g/mol. The van der Waals surface area contributed by atoms with Gasteiger partial charge in [-0.05, 0) is 26.3 Å². The summed E-state index contributed by atoms with van der Waals surface area (Å²) in [5.41, 5.74) is 0. The molecule has 1 fully saturated rings. The van der Waals surface area contributed by atoms with E-state index < -0.39 is 0 Å². The lowest BCUT2D eigenvalue weighted by molar-refractivity contribution is -0.143. The van der Waals surface area contributed by atoms with Gasteiger partial charge in [-0.3, -0.25) is 14.5 Å². The molecule has 0 aromatic heterocycles. The van der Waals surface area contributed by atoms with Gasteiger partial charge >= 0.3 is 5.97 Å². The zero-order valence-corrected chi connectivity index (χ0v) is 13.0. The molecule has 6 heteroatoms. The van der Waals surface area contributed by atoms with Crippen LogP contribution in [0, 0.1) is 0 Å². The van der Waals surface area contributed by atoms with Crippen molar-refractivity contribution in [2.24, 2.45) is 0 Å². The smallest absolute Gasteiger partial charge is 0.305 e. The molecule has 0 aliphatic carbocycles. The second-order valence-corrected chi connectivity index (χ2v) is 5.24. The minimum Gasteiger partial charge on any atom is -0.466 e. The molecule has 20 heavy (non-hydrogen) atoms. The van der Waals surface area contributed by atoms with E-state index in [1.165, 1.54) is 0 Å². The molecule has 0 unspecified atom stereocenters. The first-order chi connectivity index (χ1) is 9.67. The molecule has 0 aromatic carbocycles. The fraction of sp³-hybridized carbons (Fsp3) is 0.857. The van der Waals surface area contributed by atoms with E-state index in [4.69, 9.17) is 16.3 Å². The number of hydrogen-bond acceptors (Lipinski definition) is 4. The molecule has 1 heterocycles. The third-order valence-electron chi connectivity index (χ3n) is 3.50. The van der Waals surface area contributed by atoms with Gasteiger partial charge in [-0.15, -0.1) is 11.6 Å². The predicted octanol–water partition coefficient (Wildman–Crippen LogP) is 1.49. The van der Waals surface area contributed by atoms with Crippen LogP contribution in [0.15, 0.2) is 0 Å². The number of unbranched alkanes of at least 4 members (excludes halogenated alkanes) is 2. The van der Waals surface area contributed by atoms with Crippen molar-refractivity contribution in [3.8, 4) is 0 Å². The van der Waals surface area contributed by atoms with Gasteiger partial charge in [0.2, 0.25) is 5.91 Å². The Bertz CT molecular complexity index is 305. The summed E-state index contributed by atoms with van der Waals surface area (Å²) in [5, 5.41) is 0. The fourth-order valence-corrected chi connectivity index (χ4v) is 2.49. The molecule has 1 amide bonds. The number of esters is 1. The van der Waals surface area contributed by atoms with Gasteiger partial charge in [0.05, 0.1) is 6.61 Å². The molecule has 1 rings (SSSR count). The van der Waals surface area contributed by atoms with E-state index in [2.05, 4.69) is 4.90 Å². The number of piperazine rings is 1. The summed E-state index contributed by atoms with van der Waals surface area (Å²) in [6, 6.07) is 0. The highest BCUT2D eigenvalue weighted by Gasteiger charge is 2.19. The van der Waals surface area contributed by atoms with Crippen LogP contribution in [0.1, 0.15) is 32.6 Å². The van der Waals surface area contributed by atoms with E-state index in [1.54, 1.807) is 0 Å². The summed E-state index contributed by atoms with van der Waals surface area (Å²) >= 11 is 5.55. The molecule has 0 bridgehead atoms. The molecule has 5 nitrogen and oxygen atoms in total. The number of amides is 1. The summed E-state index contributed by atoms with van der Waals surface area (Å²) in [5.74, 6) is 0.00914. The zero-order valence-electron chi connectivity index (χ0n) is 12.3. The standard InChI is InChI=1S/C14H25ClN2O3/c1-2-20-14(19)6-4-3-5-7-16-8-10-17(11-9-16)13(18)12-15/h2-12H2,1H3. The Balaban J connectivity index is 2.02. The fourth-order valence-electron chi connectivity index (χ4n) is 2.32. The first-order valence-corrected chi connectivity index (χ1v) is 7.92. The van der Waals surface area contributed by atoms with Gasteiger partial charge in [-0.2, -0.15) is 0 Å². The monoisotopic (exact) mass is 304 g/mol. The van der Waals surface area contributed by atoms with Crippen LogP contribution in [0.3, 0.4) is 0 Å². The molecule has 0 spiro atoms. The van der Waals surface area contributed by atoms with Gasteiger partial charge in [0.25, 0.3) is 0 Å². The topological polar surface area (TPSA) is 49.9 Å². The Kier molecular flexibility index (Phi) is 8.62. The molecule has 116 valence electrons. The van der Waals surface area contributed by atoms with Crippen LogP contribution in [0.2, 0.25) is 0 Å². The summed E-state index contributed by atoms with van der Waals surface area (Å²) in [6.45, 7) is 6.70. The first-order valence-electron chi connectivity index (χ1n) is 7.39. The van der Waals surface area contributed by atoms with E-state index in [0.717, 1.165) is 52.0 Å². The Labute approximate surface area is 126 Å². The number of rotatable bonds is 8. The Hall–Kier alpha value is -0.810. The lowest BCUT2D eigenvalue weighted by Gasteiger charge is -2.34. The Morgan fingerprint density at radius 1 is 1.10 bits per heavy atom. The van der Waals surface area contributed by atoms with E-state index in [1.807, 2.05) is 11.8 Å². The van der Waals surface area contributed by atoms with Crippen molar-refractivity contribution in [1.29, 1.82) is 0 Å². The van der Waals surface area contributed by atoms with Crippen LogP contribution in [-0.4, -0.2) is 66.9 Å². The molecular weight excluding hydrogens is 280 g/mol. The molecule has 0 aromatic rings. The highest BCUT2D eigenvalue weighted by atomic mass is 35.5. The van der Waals surface area contributed by atoms with Crippen LogP contribution in [-0.2, 0) is 14.3 Å². The predicted molar refractivity (Wildman–Crippen MR) is 78.8 cm³/mol. The van der Waals surface area contributed by atoms with E-state index in [0.29, 0.717) is 13.0 Å². The average Bonchev–Trinajstić information content (AvgIpc) is 2.47. The Morgan fingerprint density at radius 2 is 1.80 bits per heavy atom. The number of carbonyl (C=O) groups is 2. The number of ether oxygens (including phenoxy) is 1. The minimum absolute atomic E-state index is 0.0285. The molecule has 0 N–H and O–H groups in total. The number of alkyl halides is 1. The van der Waals surface area contributed by atoms with Gasteiger partial charge in [0.1, 0.15) is 5.88 Å². The third-order valence-corrected chi connectivity index (χ3v) is 3.73. The van der Waals surface area contributed by atoms with E-state index in [-0.39, 0.29) is 17.8 Å². The maximum Gasteiger partial charge on any atom is 0.305 e. The van der Waals surface area contributed by atoms with Gasteiger partial charge in [-0.25, -0.2) is 0 Å². The molecule has 0 saturated carbocycles. The largest absolute Gasteiger partial charge is 0.466 e. The van der Waals surface area contributed by atoms with Crippen molar-refractivity contribution in [3.05, 3.63) is 0 Å².